The molecule has 1 heterocycles. The van der Waals surface area contributed by atoms with Crippen LogP contribution < -0.4 is 5.32 Å². The number of hydrogen-bond donors (Lipinski definition) is 2. The zero-order valence-electron chi connectivity index (χ0n) is 15.5. The smallest absolute Gasteiger partial charge is 0.251 e. The molecule has 1 amide bonds. The largest absolute Gasteiger partial charge is 0.390 e. The van der Waals surface area contributed by atoms with Gasteiger partial charge in [0.1, 0.15) is 0 Å². The van der Waals surface area contributed by atoms with E-state index in [-0.39, 0.29) is 11.9 Å². The zero-order chi connectivity index (χ0) is 18.4. The molecule has 1 atom stereocenters. The third-order valence-corrected chi connectivity index (χ3v) is 4.26. The van der Waals surface area contributed by atoms with Crippen LogP contribution in [0.5, 0.6) is 0 Å². The van der Waals surface area contributed by atoms with Crippen LogP contribution in [0.2, 0.25) is 0 Å². The highest BCUT2D eigenvalue weighted by Gasteiger charge is 2.15. The molecule has 2 aromatic rings. The Morgan fingerprint density at radius 3 is 2.76 bits per heavy atom. The molecule has 0 spiro atoms. The van der Waals surface area contributed by atoms with Gasteiger partial charge in [0, 0.05) is 24.0 Å². The van der Waals surface area contributed by atoms with Crippen molar-refractivity contribution in [3.05, 3.63) is 53.9 Å². The lowest BCUT2D eigenvalue weighted by atomic mass is 9.99. The molecular formula is C21H28N2O2. The van der Waals surface area contributed by atoms with E-state index in [9.17, 15) is 9.90 Å². The second-order valence-electron chi connectivity index (χ2n) is 7.35. The van der Waals surface area contributed by atoms with Gasteiger partial charge in [-0.2, -0.15) is 0 Å². The molecule has 0 radical (unpaired) electrons. The van der Waals surface area contributed by atoms with Crippen molar-refractivity contribution >= 4 is 5.91 Å². The van der Waals surface area contributed by atoms with Gasteiger partial charge in [-0.15, -0.1) is 0 Å². The molecule has 0 saturated heterocycles. The summed E-state index contributed by atoms with van der Waals surface area (Å²) in [6, 6.07) is 9.70. The summed E-state index contributed by atoms with van der Waals surface area (Å²) in [4.78, 5) is 16.6. The van der Waals surface area contributed by atoms with Crippen LogP contribution in [0.1, 0.15) is 56.0 Å². The fraction of sp³-hybridized carbons (Fsp3) is 0.429. The van der Waals surface area contributed by atoms with Crippen LogP contribution in [0, 0.1) is 6.92 Å². The van der Waals surface area contributed by atoms with Gasteiger partial charge in [-0.25, -0.2) is 0 Å². The quantitative estimate of drug-likeness (QED) is 0.797. The predicted molar refractivity (Wildman–Crippen MR) is 101 cm³/mol. The molecular weight excluding hydrogens is 312 g/mol. The third kappa shape index (κ3) is 5.98. The highest BCUT2D eigenvalue weighted by molar-refractivity contribution is 5.95. The van der Waals surface area contributed by atoms with E-state index in [1.165, 1.54) is 0 Å². The van der Waals surface area contributed by atoms with Gasteiger partial charge in [0.25, 0.3) is 5.91 Å². The summed E-state index contributed by atoms with van der Waals surface area (Å²) in [6.07, 6.45) is 6.04. The lowest BCUT2D eigenvalue weighted by Gasteiger charge is -2.19. The normalized spacial score (nSPS) is 12.7. The lowest BCUT2D eigenvalue weighted by Crippen LogP contribution is -2.33. The van der Waals surface area contributed by atoms with E-state index in [2.05, 4.69) is 10.3 Å². The maximum Gasteiger partial charge on any atom is 0.251 e. The Labute approximate surface area is 150 Å². The number of pyridine rings is 1. The van der Waals surface area contributed by atoms with Gasteiger partial charge in [-0.1, -0.05) is 12.1 Å². The van der Waals surface area contributed by atoms with Crippen LogP contribution in [-0.4, -0.2) is 27.6 Å². The minimum atomic E-state index is -0.652. The number of nitrogens with zero attached hydrogens (tertiary/aromatic N) is 1. The first-order valence-corrected chi connectivity index (χ1v) is 8.80. The molecule has 2 N–H and O–H groups in total. The van der Waals surface area contributed by atoms with Crippen LogP contribution in [0.15, 0.2) is 42.7 Å². The van der Waals surface area contributed by atoms with E-state index in [0.717, 1.165) is 36.0 Å². The molecule has 0 unspecified atom stereocenters. The van der Waals surface area contributed by atoms with Gasteiger partial charge in [0.05, 0.1) is 5.60 Å². The van der Waals surface area contributed by atoms with E-state index in [1.807, 2.05) is 64.2 Å². The molecule has 0 bridgehead atoms. The average molecular weight is 340 g/mol. The Kier molecular flexibility index (Phi) is 6.32. The first-order chi connectivity index (χ1) is 11.8. The molecule has 134 valence electrons. The number of hydrogen-bond acceptors (Lipinski definition) is 3. The average Bonchev–Trinajstić information content (AvgIpc) is 2.54. The lowest BCUT2D eigenvalue weighted by molar-refractivity contribution is 0.0674. The Morgan fingerprint density at radius 1 is 1.32 bits per heavy atom. The summed E-state index contributed by atoms with van der Waals surface area (Å²) >= 11 is 0. The molecule has 0 aliphatic carbocycles. The predicted octanol–water partition coefficient (Wildman–Crippen LogP) is 4.12. The summed E-state index contributed by atoms with van der Waals surface area (Å²) in [6.45, 7) is 7.63. The molecule has 1 aromatic heterocycles. The molecule has 0 aliphatic heterocycles. The van der Waals surface area contributed by atoms with Crippen LogP contribution in [0.4, 0.5) is 0 Å². The summed E-state index contributed by atoms with van der Waals surface area (Å²) in [5, 5.41) is 12.8. The SMILES string of the molecule is Cc1cnccc1-c1cccc(C(=O)N[C@H](C)CCCC(C)(C)O)c1. The number of aromatic nitrogens is 1. The van der Waals surface area contributed by atoms with Gasteiger partial charge in [-0.3, -0.25) is 9.78 Å². The Balaban J connectivity index is 2.00. The van der Waals surface area contributed by atoms with Gasteiger partial charge < -0.3 is 10.4 Å². The second kappa shape index (κ2) is 8.26. The number of rotatable bonds is 7. The second-order valence-corrected chi connectivity index (χ2v) is 7.35. The van der Waals surface area contributed by atoms with Crippen molar-refractivity contribution in [3.63, 3.8) is 0 Å². The zero-order valence-corrected chi connectivity index (χ0v) is 15.5. The number of amides is 1. The minimum absolute atomic E-state index is 0.0654. The van der Waals surface area contributed by atoms with Gasteiger partial charge in [-0.05, 0) is 81.8 Å². The summed E-state index contributed by atoms with van der Waals surface area (Å²) in [5.74, 6) is -0.0654. The minimum Gasteiger partial charge on any atom is -0.390 e. The fourth-order valence-electron chi connectivity index (χ4n) is 2.85. The molecule has 25 heavy (non-hydrogen) atoms. The number of aliphatic hydroxyl groups is 1. The van der Waals surface area contributed by atoms with E-state index in [1.54, 1.807) is 6.20 Å². The Hall–Kier alpha value is -2.20. The Morgan fingerprint density at radius 2 is 2.08 bits per heavy atom. The molecule has 4 heteroatoms. The van der Waals surface area contributed by atoms with Gasteiger partial charge in [0.2, 0.25) is 0 Å². The fourth-order valence-corrected chi connectivity index (χ4v) is 2.85. The van der Waals surface area contributed by atoms with Crippen molar-refractivity contribution in [1.82, 2.24) is 10.3 Å². The van der Waals surface area contributed by atoms with Crippen molar-refractivity contribution in [3.8, 4) is 11.1 Å². The molecule has 0 aliphatic rings. The summed E-state index contributed by atoms with van der Waals surface area (Å²) < 4.78 is 0. The van der Waals surface area contributed by atoms with E-state index < -0.39 is 5.60 Å². The van der Waals surface area contributed by atoms with Crippen LogP contribution in [0.25, 0.3) is 11.1 Å². The van der Waals surface area contributed by atoms with E-state index in [0.29, 0.717) is 5.56 Å². The first-order valence-electron chi connectivity index (χ1n) is 8.80. The van der Waals surface area contributed by atoms with Gasteiger partial charge >= 0.3 is 0 Å². The highest BCUT2D eigenvalue weighted by atomic mass is 16.3. The number of benzene rings is 1. The number of carbonyl (C=O) groups excluding carboxylic acids is 1. The highest BCUT2D eigenvalue weighted by Crippen LogP contribution is 2.23. The van der Waals surface area contributed by atoms with Crippen molar-refractivity contribution in [2.24, 2.45) is 0 Å². The van der Waals surface area contributed by atoms with Crippen molar-refractivity contribution in [2.75, 3.05) is 0 Å². The van der Waals surface area contributed by atoms with Crippen LogP contribution in [-0.2, 0) is 0 Å². The number of aryl methyl sites for hydroxylation is 1. The first kappa shape index (κ1) is 19.1. The van der Waals surface area contributed by atoms with E-state index in [4.69, 9.17) is 0 Å². The summed E-state index contributed by atoms with van der Waals surface area (Å²) in [7, 11) is 0. The number of carbonyl (C=O) groups is 1. The summed E-state index contributed by atoms with van der Waals surface area (Å²) in [5.41, 5.74) is 3.19. The van der Waals surface area contributed by atoms with Crippen molar-refractivity contribution < 1.29 is 9.90 Å². The maximum absolute atomic E-state index is 12.5. The van der Waals surface area contributed by atoms with Crippen molar-refractivity contribution in [2.45, 2.75) is 58.6 Å². The van der Waals surface area contributed by atoms with Crippen molar-refractivity contribution in [1.29, 1.82) is 0 Å². The topological polar surface area (TPSA) is 62.2 Å². The molecule has 0 saturated carbocycles. The molecule has 2 rings (SSSR count). The monoisotopic (exact) mass is 340 g/mol. The van der Waals surface area contributed by atoms with Crippen LogP contribution >= 0.6 is 0 Å². The molecule has 1 aromatic carbocycles. The molecule has 4 nitrogen and oxygen atoms in total. The standard InChI is InChI=1S/C21H28N2O2/c1-15-14-22-12-10-19(15)17-8-5-9-18(13-17)20(24)23-16(2)7-6-11-21(3,4)25/h5,8-10,12-14,16,25H,6-7,11H2,1-4H3,(H,23,24)/t16-/m1/s1. The number of nitrogens with one attached hydrogen (secondary N) is 1. The molecule has 0 fully saturated rings. The van der Waals surface area contributed by atoms with E-state index >= 15 is 0 Å². The van der Waals surface area contributed by atoms with Gasteiger partial charge in [0.15, 0.2) is 0 Å². The van der Waals surface area contributed by atoms with Crippen LogP contribution in [0.3, 0.4) is 0 Å². The third-order valence-electron chi connectivity index (χ3n) is 4.26. The Bertz CT molecular complexity index is 720. The maximum atomic E-state index is 12.5.